The summed E-state index contributed by atoms with van der Waals surface area (Å²) < 4.78 is 3.46. The highest BCUT2D eigenvalue weighted by molar-refractivity contribution is 7.97. The molecule has 0 saturated heterocycles. The molecule has 1 aromatic carbocycles. The van der Waals surface area contributed by atoms with Crippen LogP contribution < -0.4 is 10.0 Å². The molecule has 0 aliphatic heterocycles. The molecule has 0 amide bonds. The summed E-state index contributed by atoms with van der Waals surface area (Å²) >= 11 is 1.66. The summed E-state index contributed by atoms with van der Waals surface area (Å²) in [5.74, 6) is 0. The first-order valence-electron chi connectivity index (χ1n) is 7.63. The van der Waals surface area contributed by atoms with E-state index in [2.05, 4.69) is 55.6 Å². The Bertz CT molecular complexity index is 730. The summed E-state index contributed by atoms with van der Waals surface area (Å²) in [6, 6.07) is 8.80. The Labute approximate surface area is 139 Å². The first-order valence-corrected chi connectivity index (χ1v) is 8.44. The molecule has 0 bridgehead atoms. The lowest BCUT2D eigenvalue weighted by atomic mass is 10.2. The molecule has 0 radical (unpaired) electrons. The topological polar surface area (TPSA) is 78.5 Å². The Hall–Kier alpha value is -1.96. The van der Waals surface area contributed by atoms with Gasteiger partial charge in [0.2, 0.25) is 0 Å². The van der Waals surface area contributed by atoms with Crippen LogP contribution >= 0.6 is 11.9 Å². The van der Waals surface area contributed by atoms with Crippen LogP contribution in [-0.4, -0.2) is 39.5 Å². The summed E-state index contributed by atoms with van der Waals surface area (Å²) in [4.78, 5) is 5.34. The SMILES string of the molecule is C[C@H](CNCCc1cn[nH]n1)NSc1ccc2cnccc2c1. The molecule has 3 N–H and O–H groups in total. The Kier molecular flexibility index (Phi) is 5.57. The molecule has 1 atom stereocenters. The van der Waals surface area contributed by atoms with Gasteiger partial charge in [-0.1, -0.05) is 6.07 Å². The van der Waals surface area contributed by atoms with Crippen molar-refractivity contribution in [3.8, 4) is 0 Å². The average molecular weight is 328 g/mol. The maximum atomic E-state index is 4.14. The van der Waals surface area contributed by atoms with Gasteiger partial charge in [0.05, 0.1) is 11.9 Å². The van der Waals surface area contributed by atoms with Crippen molar-refractivity contribution in [3.05, 3.63) is 48.5 Å². The van der Waals surface area contributed by atoms with Crippen LogP contribution in [0.3, 0.4) is 0 Å². The summed E-state index contributed by atoms with van der Waals surface area (Å²) in [6.07, 6.45) is 6.35. The van der Waals surface area contributed by atoms with Crippen LogP contribution in [-0.2, 0) is 6.42 Å². The van der Waals surface area contributed by atoms with Gasteiger partial charge < -0.3 is 5.32 Å². The number of nitrogens with one attached hydrogen (secondary N) is 3. The van der Waals surface area contributed by atoms with E-state index in [1.165, 1.54) is 15.7 Å². The third-order valence-corrected chi connectivity index (χ3v) is 4.47. The predicted molar refractivity (Wildman–Crippen MR) is 93.2 cm³/mol. The first-order chi connectivity index (χ1) is 11.3. The van der Waals surface area contributed by atoms with E-state index in [1.54, 1.807) is 18.1 Å². The molecule has 0 fully saturated rings. The van der Waals surface area contributed by atoms with Crippen molar-refractivity contribution in [2.24, 2.45) is 0 Å². The van der Waals surface area contributed by atoms with Crippen LogP contribution in [0.25, 0.3) is 10.8 Å². The maximum absolute atomic E-state index is 4.14. The zero-order chi connectivity index (χ0) is 15.9. The second-order valence-corrected chi connectivity index (χ2v) is 6.33. The molecule has 3 aromatic rings. The fourth-order valence-corrected chi connectivity index (χ4v) is 2.96. The van der Waals surface area contributed by atoms with E-state index in [0.29, 0.717) is 6.04 Å². The highest BCUT2D eigenvalue weighted by Crippen LogP contribution is 2.21. The van der Waals surface area contributed by atoms with Gasteiger partial charge in [0.1, 0.15) is 0 Å². The monoisotopic (exact) mass is 328 g/mol. The second kappa shape index (κ2) is 8.05. The minimum Gasteiger partial charge on any atom is -0.315 e. The highest BCUT2D eigenvalue weighted by Gasteiger charge is 2.03. The number of rotatable bonds is 8. The standard InChI is InChI=1S/C16H20N6S/c1-12(9-17-7-5-15-11-19-22-20-15)21-23-16-3-2-14-10-18-6-4-13(14)8-16/h2-4,6,8,10-12,17,21H,5,7,9H2,1H3,(H,19,20,22)/t12-/m1/s1. The zero-order valence-corrected chi connectivity index (χ0v) is 13.8. The van der Waals surface area contributed by atoms with E-state index in [9.17, 15) is 0 Å². The van der Waals surface area contributed by atoms with Crippen molar-refractivity contribution in [2.45, 2.75) is 24.3 Å². The van der Waals surface area contributed by atoms with Crippen molar-refractivity contribution in [1.29, 1.82) is 0 Å². The molecule has 7 heteroatoms. The van der Waals surface area contributed by atoms with Crippen molar-refractivity contribution in [3.63, 3.8) is 0 Å². The molecule has 0 unspecified atom stereocenters. The van der Waals surface area contributed by atoms with Crippen LogP contribution in [0.1, 0.15) is 12.6 Å². The lowest BCUT2D eigenvalue weighted by Gasteiger charge is -2.14. The molecule has 0 aliphatic rings. The quantitative estimate of drug-likeness (QED) is 0.434. The van der Waals surface area contributed by atoms with Crippen LogP contribution in [0.5, 0.6) is 0 Å². The van der Waals surface area contributed by atoms with Crippen LogP contribution in [0, 0.1) is 0 Å². The number of pyridine rings is 1. The van der Waals surface area contributed by atoms with Gasteiger partial charge in [-0.25, -0.2) is 0 Å². The molecule has 0 spiro atoms. The Morgan fingerprint density at radius 1 is 1.22 bits per heavy atom. The summed E-state index contributed by atoms with van der Waals surface area (Å²) in [5, 5.41) is 16.3. The number of benzene rings is 1. The number of aromatic nitrogens is 4. The molecular formula is C16H20N6S. The smallest absolute Gasteiger partial charge is 0.0837 e. The van der Waals surface area contributed by atoms with E-state index < -0.39 is 0 Å². The predicted octanol–water partition coefficient (Wildman–Crippen LogP) is 2.17. The number of fused-ring (bicyclic) bond motifs is 1. The third kappa shape index (κ3) is 4.75. The van der Waals surface area contributed by atoms with E-state index in [-0.39, 0.29) is 0 Å². The second-order valence-electron chi connectivity index (χ2n) is 5.42. The van der Waals surface area contributed by atoms with Gasteiger partial charge in [-0.15, -0.1) is 0 Å². The normalized spacial score (nSPS) is 12.6. The fraction of sp³-hybridized carbons (Fsp3) is 0.312. The van der Waals surface area contributed by atoms with Crippen molar-refractivity contribution in [1.82, 2.24) is 30.4 Å². The van der Waals surface area contributed by atoms with Crippen molar-refractivity contribution < 1.29 is 0 Å². The fourth-order valence-electron chi connectivity index (χ4n) is 2.22. The summed E-state index contributed by atoms with van der Waals surface area (Å²) in [7, 11) is 0. The van der Waals surface area contributed by atoms with E-state index in [1.807, 2.05) is 18.5 Å². The molecule has 0 saturated carbocycles. The van der Waals surface area contributed by atoms with Crippen LogP contribution in [0.2, 0.25) is 0 Å². The largest absolute Gasteiger partial charge is 0.315 e. The minimum atomic E-state index is 0.366. The van der Waals surface area contributed by atoms with Gasteiger partial charge in [0.25, 0.3) is 0 Å². The van der Waals surface area contributed by atoms with Crippen molar-refractivity contribution >= 4 is 22.7 Å². The number of H-pyrrole nitrogens is 1. The minimum absolute atomic E-state index is 0.366. The molecule has 120 valence electrons. The Balaban J connectivity index is 1.40. The number of hydrogen-bond acceptors (Lipinski definition) is 6. The molecule has 23 heavy (non-hydrogen) atoms. The lowest BCUT2D eigenvalue weighted by Crippen LogP contribution is -2.33. The number of nitrogens with zero attached hydrogens (tertiary/aromatic N) is 3. The van der Waals surface area contributed by atoms with Gasteiger partial charge in [-0.2, -0.15) is 15.4 Å². The lowest BCUT2D eigenvalue weighted by molar-refractivity contribution is 0.583. The molecule has 3 rings (SSSR count). The number of aromatic amines is 1. The van der Waals surface area contributed by atoms with Gasteiger partial charge in [0, 0.05) is 48.2 Å². The van der Waals surface area contributed by atoms with E-state index in [0.717, 1.165) is 25.2 Å². The van der Waals surface area contributed by atoms with Gasteiger partial charge in [-0.3, -0.25) is 9.71 Å². The molecule has 2 heterocycles. The Morgan fingerprint density at radius 3 is 3.04 bits per heavy atom. The van der Waals surface area contributed by atoms with E-state index >= 15 is 0 Å². The van der Waals surface area contributed by atoms with Crippen LogP contribution in [0.15, 0.2) is 47.8 Å². The summed E-state index contributed by atoms with van der Waals surface area (Å²) in [6.45, 7) is 3.97. The van der Waals surface area contributed by atoms with Gasteiger partial charge in [0.15, 0.2) is 0 Å². The van der Waals surface area contributed by atoms with Gasteiger partial charge >= 0.3 is 0 Å². The van der Waals surface area contributed by atoms with E-state index in [4.69, 9.17) is 0 Å². The van der Waals surface area contributed by atoms with Crippen molar-refractivity contribution in [2.75, 3.05) is 13.1 Å². The Morgan fingerprint density at radius 2 is 2.17 bits per heavy atom. The van der Waals surface area contributed by atoms with Crippen LogP contribution in [0.4, 0.5) is 0 Å². The zero-order valence-electron chi connectivity index (χ0n) is 13.0. The third-order valence-electron chi connectivity index (χ3n) is 3.46. The first kappa shape index (κ1) is 15.9. The average Bonchev–Trinajstić information content (AvgIpc) is 3.10. The molecule has 6 nitrogen and oxygen atoms in total. The number of hydrogen-bond donors (Lipinski definition) is 3. The highest BCUT2D eigenvalue weighted by atomic mass is 32.2. The molecule has 0 aliphatic carbocycles. The molecular weight excluding hydrogens is 308 g/mol. The van der Waals surface area contributed by atoms with Gasteiger partial charge in [-0.05, 0) is 42.5 Å². The summed E-state index contributed by atoms with van der Waals surface area (Å²) in [5.41, 5.74) is 0.984. The molecule has 2 aromatic heterocycles. The maximum Gasteiger partial charge on any atom is 0.0837 e.